The number of hydrogen-bond acceptors (Lipinski definition) is 2. The predicted molar refractivity (Wildman–Crippen MR) is 90.1 cm³/mol. The quantitative estimate of drug-likeness (QED) is 0.851. The molecule has 4 aliphatic rings. The average Bonchev–Trinajstić information content (AvgIpc) is 2.34. The maximum atomic E-state index is 6.81. The molecule has 122 valence electrons. The SMILES string of the molecule is CC(N(C)CC(N)C12CC3CC(CC(C3)C1)C2)C(C)(C)C. The fraction of sp³-hybridized carbons (Fsp3) is 1.00. The Labute approximate surface area is 131 Å². The van der Waals surface area contributed by atoms with Gasteiger partial charge in [-0.25, -0.2) is 0 Å². The van der Waals surface area contributed by atoms with Gasteiger partial charge < -0.3 is 10.6 Å². The zero-order chi connectivity index (χ0) is 15.4. The van der Waals surface area contributed by atoms with E-state index in [9.17, 15) is 0 Å². The summed E-state index contributed by atoms with van der Waals surface area (Å²) in [6.07, 6.45) is 8.83. The third-order valence-corrected chi connectivity index (χ3v) is 7.27. The van der Waals surface area contributed by atoms with E-state index in [0.717, 1.165) is 24.3 Å². The van der Waals surface area contributed by atoms with E-state index < -0.39 is 0 Å². The van der Waals surface area contributed by atoms with Gasteiger partial charge in [0.15, 0.2) is 0 Å². The molecule has 2 N–H and O–H groups in total. The van der Waals surface area contributed by atoms with Gasteiger partial charge in [-0.1, -0.05) is 20.8 Å². The van der Waals surface area contributed by atoms with Crippen molar-refractivity contribution >= 4 is 0 Å². The number of likely N-dealkylation sites (N-methyl/N-ethyl adjacent to an activating group) is 1. The summed E-state index contributed by atoms with van der Waals surface area (Å²) in [6, 6.07) is 0.957. The van der Waals surface area contributed by atoms with Gasteiger partial charge in [0.25, 0.3) is 0 Å². The minimum Gasteiger partial charge on any atom is -0.326 e. The van der Waals surface area contributed by atoms with E-state index in [4.69, 9.17) is 5.73 Å². The second-order valence-electron chi connectivity index (χ2n) is 9.87. The van der Waals surface area contributed by atoms with Crippen molar-refractivity contribution in [1.82, 2.24) is 4.90 Å². The van der Waals surface area contributed by atoms with Crippen molar-refractivity contribution in [1.29, 1.82) is 0 Å². The average molecular weight is 293 g/mol. The van der Waals surface area contributed by atoms with Crippen molar-refractivity contribution in [2.75, 3.05) is 13.6 Å². The number of nitrogens with zero attached hydrogens (tertiary/aromatic N) is 1. The summed E-state index contributed by atoms with van der Waals surface area (Å²) in [7, 11) is 2.27. The molecule has 2 nitrogen and oxygen atoms in total. The lowest BCUT2D eigenvalue weighted by atomic mass is 9.48. The molecule has 0 radical (unpaired) electrons. The standard InChI is InChI=1S/C19H36N2/c1-13(18(2,3)4)21(5)12-17(20)19-9-14-6-15(10-19)8-16(7-14)11-19/h13-17H,6-12,20H2,1-5H3. The number of hydrogen-bond donors (Lipinski definition) is 1. The van der Waals surface area contributed by atoms with Crippen LogP contribution in [0.5, 0.6) is 0 Å². The van der Waals surface area contributed by atoms with Crippen molar-refractivity contribution in [3.63, 3.8) is 0 Å². The van der Waals surface area contributed by atoms with Gasteiger partial charge in [-0.3, -0.25) is 0 Å². The van der Waals surface area contributed by atoms with E-state index in [1.165, 1.54) is 38.5 Å². The third-order valence-electron chi connectivity index (χ3n) is 7.27. The number of rotatable bonds is 4. The van der Waals surface area contributed by atoms with Crippen molar-refractivity contribution in [2.24, 2.45) is 34.3 Å². The van der Waals surface area contributed by atoms with Crippen LogP contribution in [0.4, 0.5) is 0 Å². The zero-order valence-electron chi connectivity index (χ0n) is 14.9. The molecule has 4 bridgehead atoms. The monoisotopic (exact) mass is 292 g/mol. The summed E-state index contributed by atoms with van der Waals surface area (Å²) in [4.78, 5) is 2.52. The van der Waals surface area contributed by atoms with Crippen molar-refractivity contribution in [3.05, 3.63) is 0 Å². The fourth-order valence-electron chi connectivity index (χ4n) is 5.95. The molecular weight excluding hydrogens is 256 g/mol. The second kappa shape index (κ2) is 5.23. The lowest BCUT2D eigenvalue weighted by Crippen LogP contribution is -2.58. The first-order valence-corrected chi connectivity index (χ1v) is 9.15. The van der Waals surface area contributed by atoms with Crippen LogP contribution >= 0.6 is 0 Å². The molecule has 2 heteroatoms. The Kier molecular flexibility index (Phi) is 3.94. The molecule has 21 heavy (non-hydrogen) atoms. The van der Waals surface area contributed by atoms with E-state index in [2.05, 4.69) is 39.6 Å². The Morgan fingerprint density at radius 2 is 1.48 bits per heavy atom. The zero-order valence-corrected chi connectivity index (χ0v) is 14.9. The van der Waals surface area contributed by atoms with Crippen LogP contribution < -0.4 is 5.73 Å². The Morgan fingerprint density at radius 1 is 1.05 bits per heavy atom. The summed E-state index contributed by atoms with van der Waals surface area (Å²) in [5, 5.41) is 0. The van der Waals surface area contributed by atoms with Gasteiger partial charge >= 0.3 is 0 Å². The van der Waals surface area contributed by atoms with E-state index in [0.29, 0.717) is 22.9 Å². The molecule has 4 aliphatic carbocycles. The number of nitrogens with two attached hydrogens (primary N) is 1. The molecule has 4 saturated carbocycles. The van der Waals surface area contributed by atoms with Crippen molar-refractivity contribution in [3.8, 4) is 0 Å². The predicted octanol–water partition coefficient (Wildman–Crippen LogP) is 3.90. The molecule has 0 saturated heterocycles. The van der Waals surface area contributed by atoms with E-state index in [-0.39, 0.29) is 0 Å². The Balaban J connectivity index is 1.67. The molecule has 0 amide bonds. The molecule has 2 unspecified atom stereocenters. The van der Waals surface area contributed by atoms with Crippen LogP contribution in [0.2, 0.25) is 0 Å². The lowest BCUT2D eigenvalue weighted by molar-refractivity contribution is -0.0733. The molecular formula is C19H36N2. The van der Waals surface area contributed by atoms with Gasteiger partial charge in [-0.15, -0.1) is 0 Å². The summed E-state index contributed by atoms with van der Waals surface area (Å²) < 4.78 is 0. The highest BCUT2D eigenvalue weighted by Crippen LogP contribution is 2.61. The van der Waals surface area contributed by atoms with Gasteiger partial charge in [-0.2, -0.15) is 0 Å². The van der Waals surface area contributed by atoms with Crippen LogP contribution in [0.1, 0.15) is 66.2 Å². The molecule has 0 aliphatic heterocycles. The van der Waals surface area contributed by atoms with Crippen molar-refractivity contribution in [2.45, 2.75) is 78.3 Å². The Bertz CT molecular complexity index is 346. The molecule has 0 heterocycles. The molecule has 2 atom stereocenters. The first-order chi connectivity index (χ1) is 9.69. The van der Waals surface area contributed by atoms with Crippen LogP contribution in [0.15, 0.2) is 0 Å². The summed E-state index contributed by atoms with van der Waals surface area (Å²) >= 11 is 0. The van der Waals surface area contributed by atoms with Gasteiger partial charge in [-0.05, 0) is 81.1 Å². The van der Waals surface area contributed by atoms with Crippen LogP contribution in [0, 0.1) is 28.6 Å². The normalized spacial score (nSPS) is 41.6. The fourth-order valence-corrected chi connectivity index (χ4v) is 5.95. The molecule has 4 fully saturated rings. The molecule has 4 rings (SSSR count). The lowest BCUT2D eigenvalue weighted by Gasteiger charge is -2.59. The first kappa shape index (κ1) is 15.8. The smallest absolute Gasteiger partial charge is 0.0225 e. The summed E-state index contributed by atoms with van der Waals surface area (Å²) in [5.74, 6) is 3.02. The van der Waals surface area contributed by atoms with Crippen LogP contribution in [0.25, 0.3) is 0 Å². The first-order valence-electron chi connectivity index (χ1n) is 9.15. The molecule has 0 aromatic carbocycles. The van der Waals surface area contributed by atoms with Gasteiger partial charge in [0.1, 0.15) is 0 Å². The largest absolute Gasteiger partial charge is 0.326 e. The van der Waals surface area contributed by atoms with Gasteiger partial charge in [0.2, 0.25) is 0 Å². The summed E-state index contributed by atoms with van der Waals surface area (Å²) in [5.41, 5.74) is 7.63. The van der Waals surface area contributed by atoms with Crippen LogP contribution in [-0.2, 0) is 0 Å². The topological polar surface area (TPSA) is 29.3 Å². The van der Waals surface area contributed by atoms with Crippen LogP contribution in [0.3, 0.4) is 0 Å². The van der Waals surface area contributed by atoms with E-state index in [1.807, 2.05) is 0 Å². The van der Waals surface area contributed by atoms with Gasteiger partial charge in [0, 0.05) is 18.6 Å². The molecule has 0 aromatic heterocycles. The highest BCUT2D eigenvalue weighted by atomic mass is 15.1. The van der Waals surface area contributed by atoms with Gasteiger partial charge in [0.05, 0.1) is 0 Å². The molecule has 0 spiro atoms. The van der Waals surface area contributed by atoms with E-state index >= 15 is 0 Å². The maximum absolute atomic E-state index is 6.81. The summed E-state index contributed by atoms with van der Waals surface area (Å²) in [6.45, 7) is 10.4. The highest BCUT2D eigenvalue weighted by Gasteiger charge is 2.53. The molecule has 0 aromatic rings. The maximum Gasteiger partial charge on any atom is 0.0225 e. The van der Waals surface area contributed by atoms with Crippen molar-refractivity contribution < 1.29 is 0 Å². The minimum atomic E-state index is 0.329. The Morgan fingerprint density at radius 3 is 1.86 bits per heavy atom. The highest BCUT2D eigenvalue weighted by molar-refractivity contribution is 5.06. The third kappa shape index (κ3) is 2.91. The second-order valence-corrected chi connectivity index (χ2v) is 9.87. The van der Waals surface area contributed by atoms with E-state index in [1.54, 1.807) is 0 Å². The van der Waals surface area contributed by atoms with Crippen LogP contribution in [-0.4, -0.2) is 30.6 Å². The minimum absolute atomic E-state index is 0.329. The Hall–Kier alpha value is -0.0800.